The van der Waals surface area contributed by atoms with Gasteiger partial charge in [0.15, 0.2) is 11.6 Å². The van der Waals surface area contributed by atoms with Crippen LogP contribution in [0.25, 0.3) is 0 Å². The molecule has 0 aromatic carbocycles. The molecule has 3 unspecified atom stereocenters. The Morgan fingerprint density at radius 1 is 0.951 bits per heavy atom. The SMILES string of the molecule is CC(=O)OC(CC[C@@H](C)C1CC[C@@]2(C)C3=C(C(=O)C[C@]12C)[C@@]1(C)CC[C@H](OC(C)=O)C(C)(C)C1CC3=O)C(C)(C)O. The monoisotopic (exact) mass is 572 g/mol. The molecule has 0 aliphatic heterocycles. The van der Waals surface area contributed by atoms with Gasteiger partial charge in [-0.05, 0) is 75.5 Å². The van der Waals surface area contributed by atoms with E-state index < -0.39 is 33.9 Å². The second-order valence-electron chi connectivity index (χ2n) is 15.6. The van der Waals surface area contributed by atoms with Crippen molar-refractivity contribution < 1.29 is 33.8 Å². The molecule has 0 amide bonds. The lowest BCUT2D eigenvalue weighted by Crippen LogP contribution is -2.59. The van der Waals surface area contributed by atoms with Crippen LogP contribution in [0.5, 0.6) is 0 Å². The molecule has 0 bridgehead atoms. The highest BCUT2D eigenvalue weighted by atomic mass is 16.6. The standard InChI is InChI=1S/C34H52O7/c1-19(11-12-27(31(6,7)39)41-21(3)36)22-13-16-33(9)29-23(37)17-25-30(4,5)26(40-20(2)35)14-15-32(25,8)28(29)24(38)18-34(22,33)10/h19,22,25-27,39H,11-18H2,1-10H3/t19-,22?,25?,26+,27?,32+,33+,34-/m1/s1. The Morgan fingerprint density at radius 3 is 2.15 bits per heavy atom. The highest BCUT2D eigenvalue weighted by Gasteiger charge is 2.67. The predicted molar refractivity (Wildman–Crippen MR) is 156 cm³/mol. The quantitative estimate of drug-likeness (QED) is 0.365. The van der Waals surface area contributed by atoms with Crippen molar-refractivity contribution in [2.75, 3.05) is 0 Å². The van der Waals surface area contributed by atoms with E-state index in [1.165, 1.54) is 13.8 Å². The van der Waals surface area contributed by atoms with Crippen molar-refractivity contribution in [3.8, 4) is 0 Å². The molecule has 4 rings (SSSR count). The van der Waals surface area contributed by atoms with Crippen LogP contribution in [0, 0.1) is 39.4 Å². The van der Waals surface area contributed by atoms with Gasteiger partial charge in [0.25, 0.3) is 0 Å². The third kappa shape index (κ3) is 5.02. The van der Waals surface area contributed by atoms with Crippen molar-refractivity contribution in [2.45, 2.75) is 138 Å². The number of hydrogen-bond acceptors (Lipinski definition) is 7. The number of Topliss-reactive ketones (excluding diaryl/α,β-unsaturated/α-hetero) is 2. The van der Waals surface area contributed by atoms with Crippen molar-refractivity contribution >= 4 is 23.5 Å². The number of esters is 2. The molecule has 2 fully saturated rings. The average molecular weight is 573 g/mol. The Labute approximate surface area is 246 Å². The molecule has 0 aromatic rings. The normalized spacial score (nSPS) is 38.0. The number of allylic oxidation sites excluding steroid dienone is 2. The number of fused-ring (bicyclic) bond motifs is 4. The summed E-state index contributed by atoms with van der Waals surface area (Å²) < 4.78 is 11.2. The molecule has 0 saturated heterocycles. The zero-order valence-electron chi connectivity index (χ0n) is 26.9. The smallest absolute Gasteiger partial charge is 0.303 e. The molecule has 1 N–H and O–H groups in total. The molecule has 230 valence electrons. The van der Waals surface area contributed by atoms with Crippen molar-refractivity contribution in [3.63, 3.8) is 0 Å². The summed E-state index contributed by atoms with van der Waals surface area (Å²) in [6.45, 7) is 19.1. The van der Waals surface area contributed by atoms with E-state index in [1.807, 2.05) is 0 Å². The molecule has 7 nitrogen and oxygen atoms in total. The summed E-state index contributed by atoms with van der Waals surface area (Å²) in [5, 5.41) is 10.6. The van der Waals surface area contributed by atoms with Crippen LogP contribution in [0.15, 0.2) is 11.1 Å². The maximum atomic E-state index is 14.3. The number of rotatable bonds is 7. The van der Waals surface area contributed by atoms with Crippen LogP contribution in [0.2, 0.25) is 0 Å². The fraction of sp³-hybridized carbons (Fsp3) is 0.824. The minimum absolute atomic E-state index is 0.0765. The zero-order chi connectivity index (χ0) is 30.9. The maximum absolute atomic E-state index is 14.3. The van der Waals surface area contributed by atoms with Crippen molar-refractivity contribution in [1.82, 2.24) is 0 Å². The number of aliphatic hydroxyl groups is 1. The average Bonchev–Trinajstić information content (AvgIpc) is 3.09. The highest BCUT2D eigenvalue weighted by molar-refractivity contribution is 6.11. The molecule has 2 saturated carbocycles. The second kappa shape index (κ2) is 10.3. The van der Waals surface area contributed by atoms with Crippen LogP contribution in [-0.4, -0.2) is 46.4 Å². The van der Waals surface area contributed by atoms with Crippen LogP contribution < -0.4 is 0 Å². The third-order valence-electron chi connectivity index (χ3n) is 12.3. The lowest BCUT2D eigenvalue weighted by molar-refractivity contribution is -0.169. The van der Waals surface area contributed by atoms with E-state index in [2.05, 4.69) is 41.5 Å². The molecule has 8 atom stereocenters. The number of ketones is 2. The van der Waals surface area contributed by atoms with Gasteiger partial charge < -0.3 is 14.6 Å². The van der Waals surface area contributed by atoms with E-state index in [0.717, 1.165) is 36.8 Å². The third-order valence-corrected chi connectivity index (χ3v) is 12.3. The molecule has 4 aliphatic rings. The molecule has 0 aromatic heterocycles. The van der Waals surface area contributed by atoms with Crippen LogP contribution >= 0.6 is 0 Å². The number of ether oxygens (including phenoxy) is 2. The van der Waals surface area contributed by atoms with Crippen molar-refractivity contribution in [3.05, 3.63) is 11.1 Å². The summed E-state index contributed by atoms with van der Waals surface area (Å²) in [6, 6.07) is 0. The Bertz CT molecular complexity index is 1160. The first-order valence-corrected chi connectivity index (χ1v) is 15.6. The van der Waals surface area contributed by atoms with Crippen LogP contribution in [0.1, 0.15) is 121 Å². The Hall–Kier alpha value is -2.02. The van der Waals surface area contributed by atoms with Gasteiger partial charge in [-0.15, -0.1) is 0 Å². The van der Waals surface area contributed by atoms with E-state index in [4.69, 9.17) is 9.47 Å². The molecule has 0 spiro atoms. The largest absolute Gasteiger partial charge is 0.462 e. The van der Waals surface area contributed by atoms with Crippen molar-refractivity contribution in [1.29, 1.82) is 0 Å². The molecular weight excluding hydrogens is 520 g/mol. The van der Waals surface area contributed by atoms with Gasteiger partial charge in [-0.25, -0.2) is 0 Å². The van der Waals surface area contributed by atoms with Crippen molar-refractivity contribution in [2.24, 2.45) is 39.4 Å². The van der Waals surface area contributed by atoms with Gasteiger partial charge in [0.05, 0.1) is 5.60 Å². The number of carbonyl (C=O) groups is 4. The van der Waals surface area contributed by atoms with Gasteiger partial charge in [0.1, 0.15) is 12.2 Å². The lowest BCUT2D eigenvalue weighted by Gasteiger charge is -2.60. The lowest BCUT2D eigenvalue weighted by atomic mass is 9.42. The molecule has 0 heterocycles. The van der Waals surface area contributed by atoms with E-state index in [0.29, 0.717) is 25.7 Å². The van der Waals surface area contributed by atoms with Gasteiger partial charge in [-0.3, -0.25) is 19.2 Å². The number of carbonyl (C=O) groups excluding carboxylic acids is 4. The summed E-state index contributed by atoms with van der Waals surface area (Å²) in [5.41, 5.74) is -1.24. The first-order valence-electron chi connectivity index (χ1n) is 15.6. The maximum Gasteiger partial charge on any atom is 0.303 e. The number of hydrogen-bond donors (Lipinski definition) is 1. The molecule has 0 radical (unpaired) electrons. The Morgan fingerprint density at radius 2 is 1.59 bits per heavy atom. The molecule has 4 aliphatic carbocycles. The summed E-state index contributed by atoms with van der Waals surface area (Å²) in [5.74, 6) is -0.153. The predicted octanol–water partition coefficient (Wildman–Crippen LogP) is 6.14. The zero-order valence-corrected chi connectivity index (χ0v) is 26.9. The topological polar surface area (TPSA) is 107 Å². The first-order chi connectivity index (χ1) is 18.7. The van der Waals surface area contributed by atoms with Crippen LogP contribution in [-0.2, 0) is 28.7 Å². The van der Waals surface area contributed by atoms with Gasteiger partial charge >= 0.3 is 11.9 Å². The summed E-state index contributed by atoms with van der Waals surface area (Å²) in [7, 11) is 0. The van der Waals surface area contributed by atoms with E-state index in [-0.39, 0.29) is 46.8 Å². The Balaban J connectivity index is 1.67. The molecule has 41 heavy (non-hydrogen) atoms. The summed E-state index contributed by atoms with van der Waals surface area (Å²) in [6.07, 6.45) is 4.37. The second-order valence-corrected chi connectivity index (χ2v) is 15.6. The van der Waals surface area contributed by atoms with Gasteiger partial charge in [0.2, 0.25) is 0 Å². The Kier molecular flexibility index (Phi) is 8.02. The van der Waals surface area contributed by atoms with E-state index >= 15 is 0 Å². The first kappa shape index (κ1) is 31.9. The minimum Gasteiger partial charge on any atom is -0.462 e. The molecular formula is C34H52O7. The minimum atomic E-state index is -1.15. The summed E-state index contributed by atoms with van der Waals surface area (Å²) >= 11 is 0. The highest BCUT2D eigenvalue weighted by Crippen LogP contribution is 2.71. The van der Waals surface area contributed by atoms with E-state index in [1.54, 1.807) is 13.8 Å². The van der Waals surface area contributed by atoms with Crippen LogP contribution in [0.4, 0.5) is 0 Å². The fourth-order valence-corrected chi connectivity index (χ4v) is 9.88. The van der Waals surface area contributed by atoms with Crippen LogP contribution in [0.3, 0.4) is 0 Å². The molecule has 7 heteroatoms. The van der Waals surface area contributed by atoms with E-state index in [9.17, 15) is 24.3 Å². The van der Waals surface area contributed by atoms with Gasteiger partial charge in [0, 0.05) is 54.1 Å². The fourth-order valence-electron chi connectivity index (χ4n) is 9.88. The van der Waals surface area contributed by atoms with Gasteiger partial charge in [-0.2, -0.15) is 0 Å². The summed E-state index contributed by atoms with van der Waals surface area (Å²) in [4.78, 5) is 52.0. The van der Waals surface area contributed by atoms with Gasteiger partial charge in [-0.1, -0.05) is 41.5 Å².